The van der Waals surface area contributed by atoms with Gasteiger partial charge < -0.3 is 14.1 Å². The van der Waals surface area contributed by atoms with Crippen LogP contribution in [0.3, 0.4) is 0 Å². The molecule has 1 saturated heterocycles. The monoisotopic (exact) mass is 432 g/mol. The number of hydrogen-bond acceptors (Lipinski definition) is 4. The maximum atomic E-state index is 12.6. The summed E-state index contributed by atoms with van der Waals surface area (Å²) in [5.41, 5.74) is 2.56. The number of methoxy groups -OCH3 is 1. The molecule has 0 saturated carbocycles. The Balaban J connectivity index is 1.31. The van der Waals surface area contributed by atoms with E-state index >= 15 is 0 Å². The zero-order valence-electron chi connectivity index (χ0n) is 16.2. The van der Waals surface area contributed by atoms with E-state index in [1.807, 2.05) is 35.2 Å². The Labute approximate surface area is 179 Å². The molecule has 0 atom stereocenters. The average molecular weight is 433 g/mol. The molecule has 3 aromatic rings. The Kier molecular flexibility index (Phi) is 5.97. The SMILES string of the molecule is COc1ccc(CCC(=O)N2CCC(c3nc4cc(Cl)ccc4o3)CC2)cc1Cl. The quantitative estimate of drug-likeness (QED) is 0.535. The molecule has 1 aromatic heterocycles. The molecule has 7 heteroatoms. The van der Waals surface area contributed by atoms with Gasteiger partial charge in [-0.05, 0) is 55.2 Å². The number of ether oxygens (including phenoxy) is 1. The lowest BCUT2D eigenvalue weighted by molar-refractivity contribution is -0.132. The van der Waals surface area contributed by atoms with Crippen LogP contribution in [0, 0.1) is 0 Å². The van der Waals surface area contributed by atoms with Gasteiger partial charge in [0, 0.05) is 30.5 Å². The lowest BCUT2D eigenvalue weighted by Crippen LogP contribution is -2.38. The van der Waals surface area contributed by atoms with Gasteiger partial charge >= 0.3 is 0 Å². The number of carbonyl (C=O) groups excluding carboxylic acids is 1. The first-order valence-electron chi connectivity index (χ1n) is 9.69. The third-order valence-corrected chi connectivity index (χ3v) is 5.94. The van der Waals surface area contributed by atoms with Crippen LogP contribution in [0.25, 0.3) is 11.1 Å². The third kappa shape index (κ3) is 4.51. The predicted molar refractivity (Wildman–Crippen MR) is 114 cm³/mol. The molecule has 0 unspecified atom stereocenters. The van der Waals surface area contributed by atoms with Crippen LogP contribution in [0.2, 0.25) is 10.0 Å². The fourth-order valence-electron chi connectivity index (χ4n) is 3.74. The number of likely N-dealkylation sites (tertiary alicyclic amines) is 1. The van der Waals surface area contributed by atoms with Crippen molar-refractivity contribution in [1.82, 2.24) is 9.88 Å². The lowest BCUT2D eigenvalue weighted by atomic mass is 9.96. The molecule has 5 nitrogen and oxygen atoms in total. The van der Waals surface area contributed by atoms with E-state index in [4.69, 9.17) is 32.4 Å². The molecule has 152 valence electrons. The second-order valence-electron chi connectivity index (χ2n) is 7.29. The van der Waals surface area contributed by atoms with Crippen molar-refractivity contribution in [3.8, 4) is 5.75 Å². The first kappa shape index (κ1) is 20.0. The number of aromatic nitrogens is 1. The Morgan fingerprint density at radius 1 is 1.21 bits per heavy atom. The first-order chi connectivity index (χ1) is 14.0. The number of piperidine rings is 1. The average Bonchev–Trinajstić information content (AvgIpc) is 3.15. The van der Waals surface area contributed by atoms with Crippen molar-refractivity contribution in [3.05, 3.63) is 57.9 Å². The van der Waals surface area contributed by atoms with E-state index in [1.54, 1.807) is 13.2 Å². The molecule has 2 aromatic carbocycles. The van der Waals surface area contributed by atoms with Crippen LogP contribution in [-0.2, 0) is 11.2 Å². The maximum absolute atomic E-state index is 12.6. The highest BCUT2D eigenvalue weighted by molar-refractivity contribution is 6.32. The van der Waals surface area contributed by atoms with Crippen molar-refractivity contribution in [2.45, 2.75) is 31.6 Å². The standard InChI is InChI=1S/C22H22Cl2N2O3/c1-28-19-5-2-14(12-17(19)24)3-7-21(27)26-10-8-15(9-11-26)22-25-18-13-16(23)4-6-20(18)29-22/h2,4-6,12-13,15H,3,7-11H2,1H3. The highest BCUT2D eigenvalue weighted by Gasteiger charge is 2.27. The Morgan fingerprint density at radius 3 is 2.72 bits per heavy atom. The van der Waals surface area contributed by atoms with Crippen LogP contribution in [0.1, 0.15) is 36.6 Å². The number of aryl methyl sites for hydroxylation is 1. The van der Waals surface area contributed by atoms with E-state index in [1.165, 1.54) is 0 Å². The number of carbonyl (C=O) groups is 1. The summed E-state index contributed by atoms with van der Waals surface area (Å²) >= 11 is 12.2. The summed E-state index contributed by atoms with van der Waals surface area (Å²) in [4.78, 5) is 19.1. The highest BCUT2D eigenvalue weighted by Crippen LogP contribution is 2.31. The van der Waals surface area contributed by atoms with Gasteiger partial charge in [0.05, 0.1) is 12.1 Å². The van der Waals surface area contributed by atoms with Crippen LogP contribution >= 0.6 is 23.2 Å². The molecule has 2 heterocycles. The summed E-state index contributed by atoms with van der Waals surface area (Å²) in [6, 6.07) is 11.1. The molecule has 0 radical (unpaired) electrons. The molecule has 1 aliphatic rings. The summed E-state index contributed by atoms with van der Waals surface area (Å²) < 4.78 is 11.1. The van der Waals surface area contributed by atoms with Crippen molar-refractivity contribution < 1.29 is 13.9 Å². The van der Waals surface area contributed by atoms with Gasteiger partial charge in [-0.2, -0.15) is 0 Å². The third-order valence-electron chi connectivity index (χ3n) is 5.41. The fourth-order valence-corrected chi connectivity index (χ4v) is 4.19. The Morgan fingerprint density at radius 2 is 2.00 bits per heavy atom. The predicted octanol–water partition coefficient (Wildman–Crippen LogP) is 5.48. The zero-order valence-corrected chi connectivity index (χ0v) is 17.7. The summed E-state index contributed by atoms with van der Waals surface area (Å²) in [6.45, 7) is 1.43. The second-order valence-corrected chi connectivity index (χ2v) is 8.13. The molecule has 1 amide bonds. The lowest BCUT2D eigenvalue weighted by Gasteiger charge is -2.30. The topological polar surface area (TPSA) is 55.6 Å². The normalized spacial score (nSPS) is 15.1. The van der Waals surface area contributed by atoms with Crippen LogP contribution < -0.4 is 4.74 Å². The summed E-state index contributed by atoms with van der Waals surface area (Å²) in [5, 5.41) is 1.22. The van der Waals surface area contributed by atoms with Gasteiger partial charge in [0.15, 0.2) is 11.5 Å². The largest absolute Gasteiger partial charge is 0.495 e. The van der Waals surface area contributed by atoms with E-state index < -0.39 is 0 Å². The van der Waals surface area contributed by atoms with Gasteiger partial charge in [-0.15, -0.1) is 0 Å². The highest BCUT2D eigenvalue weighted by atomic mass is 35.5. The van der Waals surface area contributed by atoms with Gasteiger partial charge in [0.1, 0.15) is 11.3 Å². The molecule has 0 N–H and O–H groups in total. The van der Waals surface area contributed by atoms with Crippen molar-refractivity contribution in [2.24, 2.45) is 0 Å². The number of benzene rings is 2. The molecule has 4 rings (SSSR count). The number of amides is 1. The second kappa shape index (κ2) is 8.64. The summed E-state index contributed by atoms with van der Waals surface area (Å²) in [6.07, 6.45) is 2.82. The van der Waals surface area contributed by atoms with E-state index in [0.29, 0.717) is 41.7 Å². The molecule has 1 fully saturated rings. The van der Waals surface area contributed by atoms with Crippen LogP contribution in [-0.4, -0.2) is 36.0 Å². The van der Waals surface area contributed by atoms with Gasteiger partial charge in [-0.1, -0.05) is 29.3 Å². The maximum Gasteiger partial charge on any atom is 0.222 e. The van der Waals surface area contributed by atoms with E-state index in [0.717, 1.165) is 35.4 Å². The van der Waals surface area contributed by atoms with Gasteiger partial charge in [0.25, 0.3) is 0 Å². The first-order valence-corrected chi connectivity index (χ1v) is 10.5. The number of fused-ring (bicyclic) bond motifs is 1. The van der Waals surface area contributed by atoms with Crippen molar-refractivity contribution in [1.29, 1.82) is 0 Å². The van der Waals surface area contributed by atoms with Crippen LogP contribution in [0.15, 0.2) is 40.8 Å². The van der Waals surface area contributed by atoms with Gasteiger partial charge in [0.2, 0.25) is 5.91 Å². The van der Waals surface area contributed by atoms with Crippen LogP contribution in [0.4, 0.5) is 0 Å². The minimum absolute atomic E-state index is 0.166. The van der Waals surface area contributed by atoms with E-state index in [9.17, 15) is 4.79 Å². The molecule has 0 bridgehead atoms. The number of oxazole rings is 1. The van der Waals surface area contributed by atoms with Crippen LogP contribution in [0.5, 0.6) is 5.75 Å². The zero-order chi connectivity index (χ0) is 20.4. The molecular weight excluding hydrogens is 411 g/mol. The van der Waals surface area contributed by atoms with E-state index in [2.05, 4.69) is 4.98 Å². The molecule has 0 spiro atoms. The number of hydrogen-bond donors (Lipinski definition) is 0. The van der Waals surface area contributed by atoms with Crippen molar-refractivity contribution >= 4 is 40.2 Å². The van der Waals surface area contributed by atoms with Gasteiger partial charge in [-0.25, -0.2) is 4.98 Å². The molecule has 1 aliphatic heterocycles. The minimum atomic E-state index is 0.166. The summed E-state index contributed by atoms with van der Waals surface area (Å²) in [5.74, 6) is 1.78. The number of nitrogens with zero attached hydrogens (tertiary/aromatic N) is 2. The molecule has 0 aliphatic carbocycles. The van der Waals surface area contributed by atoms with Gasteiger partial charge in [-0.3, -0.25) is 4.79 Å². The van der Waals surface area contributed by atoms with E-state index in [-0.39, 0.29) is 11.8 Å². The number of rotatable bonds is 5. The smallest absolute Gasteiger partial charge is 0.222 e. The van der Waals surface area contributed by atoms with Crippen molar-refractivity contribution in [3.63, 3.8) is 0 Å². The number of halogens is 2. The molecule has 29 heavy (non-hydrogen) atoms. The Bertz CT molecular complexity index is 1030. The van der Waals surface area contributed by atoms with Crippen molar-refractivity contribution in [2.75, 3.05) is 20.2 Å². The fraction of sp³-hybridized carbons (Fsp3) is 0.364. The minimum Gasteiger partial charge on any atom is -0.495 e. The summed E-state index contributed by atoms with van der Waals surface area (Å²) in [7, 11) is 1.59. The Hall–Kier alpha value is -2.24. The molecular formula is C22H22Cl2N2O3.